The predicted octanol–water partition coefficient (Wildman–Crippen LogP) is 1.07. The van der Waals surface area contributed by atoms with E-state index < -0.39 is 5.41 Å². The molecule has 0 unspecified atom stereocenters. The first-order valence-corrected chi connectivity index (χ1v) is 7.14. The van der Waals surface area contributed by atoms with E-state index in [-0.39, 0.29) is 5.91 Å². The number of hydrogen-bond donors (Lipinski definition) is 2. The number of anilines is 1. The Morgan fingerprint density at radius 1 is 1.29 bits per heavy atom. The zero-order chi connectivity index (χ0) is 14.7. The zero-order valence-electron chi connectivity index (χ0n) is 12.0. The fraction of sp³-hybridized carbons (Fsp3) is 0.400. The molecule has 1 aliphatic heterocycles. The molecule has 1 aromatic heterocycles. The number of benzene rings is 1. The summed E-state index contributed by atoms with van der Waals surface area (Å²) >= 11 is 0. The van der Waals surface area contributed by atoms with E-state index in [1.165, 1.54) is 6.33 Å². The third-order valence-electron chi connectivity index (χ3n) is 4.15. The summed E-state index contributed by atoms with van der Waals surface area (Å²) in [7, 11) is 1.76. The second-order valence-corrected chi connectivity index (χ2v) is 5.36. The molecule has 2 N–H and O–H groups in total. The van der Waals surface area contributed by atoms with Crippen molar-refractivity contribution in [3.8, 4) is 0 Å². The van der Waals surface area contributed by atoms with Crippen LogP contribution in [-0.4, -0.2) is 33.8 Å². The summed E-state index contributed by atoms with van der Waals surface area (Å²) in [4.78, 5) is 17.0. The third-order valence-corrected chi connectivity index (χ3v) is 4.15. The summed E-state index contributed by atoms with van der Waals surface area (Å²) in [6.45, 7) is 1.67. The lowest BCUT2D eigenvalue weighted by atomic mass is 9.72. The third kappa shape index (κ3) is 2.54. The van der Waals surface area contributed by atoms with E-state index in [1.54, 1.807) is 11.7 Å². The summed E-state index contributed by atoms with van der Waals surface area (Å²) in [6, 6.07) is 9.99. The Morgan fingerprint density at radius 2 is 2.00 bits per heavy atom. The highest BCUT2D eigenvalue weighted by Crippen LogP contribution is 2.34. The number of carbonyl (C=O) groups is 1. The van der Waals surface area contributed by atoms with Crippen LogP contribution in [0.2, 0.25) is 0 Å². The van der Waals surface area contributed by atoms with E-state index in [0.717, 1.165) is 31.5 Å². The molecule has 1 aliphatic rings. The largest absolute Gasteiger partial charge is 0.317 e. The SMILES string of the molecule is Cn1ncnc1NC(=O)C1(c2ccccc2)CCNCC1. The molecular formula is C15H19N5O. The average Bonchev–Trinajstić information content (AvgIpc) is 2.94. The molecule has 0 radical (unpaired) electrons. The van der Waals surface area contributed by atoms with Crippen LogP contribution < -0.4 is 10.6 Å². The molecule has 6 nitrogen and oxygen atoms in total. The molecule has 0 bridgehead atoms. The van der Waals surface area contributed by atoms with Crippen molar-refractivity contribution >= 4 is 11.9 Å². The fourth-order valence-electron chi connectivity index (χ4n) is 2.89. The summed E-state index contributed by atoms with van der Waals surface area (Å²) < 4.78 is 1.57. The van der Waals surface area contributed by atoms with Gasteiger partial charge in [-0.2, -0.15) is 10.1 Å². The number of piperidine rings is 1. The van der Waals surface area contributed by atoms with Gasteiger partial charge in [0.15, 0.2) is 0 Å². The standard InChI is InChI=1S/C15H19N5O/c1-20-14(17-11-18-20)19-13(21)15(7-9-16-10-8-15)12-5-3-2-4-6-12/h2-6,11,16H,7-10H2,1H3,(H,17,18,19,21). The van der Waals surface area contributed by atoms with Gasteiger partial charge in [0.25, 0.3) is 0 Å². The lowest BCUT2D eigenvalue weighted by Crippen LogP contribution is -2.48. The van der Waals surface area contributed by atoms with E-state index in [1.807, 2.05) is 30.3 Å². The number of aromatic nitrogens is 3. The van der Waals surface area contributed by atoms with Gasteiger partial charge in [-0.3, -0.25) is 10.1 Å². The summed E-state index contributed by atoms with van der Waals surface area (Å²) in [5, 5.41) is 10.2. The molecule has 0 spiro atoms. The Labute approximate surface area is 123 Å². The van der Waals surface area contributed by atoms with Gasteiger partial charge in [0.1, 0.15) is 6.33 Å². The van der Waals surface area contributed by atoms with Crippen LogP contribution in [0, 0.1) is 0 Å². The first-order valence-electron chi connectivity index (χ1n) is 7.14. The highest BCUT2D eigenvalue weighted by Gasteiger charge is 2.41. The van der Waals surface area contributed by atoms with Crippen LogP contribution in [0.15, 0.2) is 36.7 Å². The molecule has 0 aliphatic carbocycles. The number of nitrogens with one attached hydrogen (secondary N) is 2. The number of amides is 1. The second kappa shape index (κ2) is 5.65. The maximum atomic E-state index is 12.9. The number of hydrogen-bond acceptors (Lipinski definition) is 4. The number of rotatable bonds is 3. The van der Waals surface area contributed by atoms with Crippen LogP contribution in [0.3, 0.4) is 0 Å². The van der Waals surface area contributed by atoms with Crippen LogP contribution in [0.25, 0.3) is 0 Å². The van der Waals surface area contributed by atoms with Gasteiger partial charge < -0.3 is 5.32 Å². The zero-order valence-corrected chi connectivity index (χ0v) is 12.0. The van der Waals surface area contributed by atoms with Crippen LogP contribution in [0.1, 0.15) is 18.4 Å². The molecule has 110 valence electrons. The lowest BCUT2D eigenvalue weighted by Gasteiger charge is -2.36. The Morgan fingerprint density at radius 3 is 2.62 bits per heavy atom. The molecule has 1 saturated heterocycles. The summed E-state index contributed by atoms with van der Waals surface area (Å²) in [5.41, 5.74) is 0.560. The van der Waals surface area contributed by atoms with E-state index in [2.05, 4.69) is 20.7 Å². The van der Waals surface area contributed by atoms with Crippen molar-refractivity contribution in [3.63, 3.8) is 0 Å². The Kier molecular flexibility index (Phi) is 3.70. The maximum absolute atomic E-state index is 12.9. The number of carbonyl (C=O) groups excluding carboxylic acids is 1. The molecule has 21 heavy (non-hydrogen) atoms. The molecule has 1 fully saturated rings. The molecule has 0 atom stereocenters. The first-order chi connectivity index (χ1) is 10.2. The van der Waals surface area contributed by atoms with E-state index >= 15 is 0 Å². The maximum Gasteiger partial charge on any atom is 0.237 e. The van der Waals surface area contributed by atoms with Crippen LogP contribution in [-0.2, 0) is 17.3 Å². The smallest absolute Gasteiger partial charge is 0.237 e. The highest BCUT2D eigenvalue weighted by molar-refractivity contribution is 5.98. The van der Waals surface area contributed by atoms with Gasteiger partial charge in [0, 0.05) is 7.05 Å². The highest BCUT2D eigenvalue weighted by atomic mass is 16.2. The van der Waals surface area contributed by atoms with Gasteiger partial charge in [-0.05, 0) is 31.5 Å². The minimum Gasteiger partial charge on any atom is -0.317 e. The van der Waals surface area contributed by atoms with Crippen molar-refractivity contribution in [2.24, 2.45) is 7.05 Å². The molecule has 2 heterocycles. The van der Waals surface area contributed by atoms with Gasteiger partial charge in [0.2, 0.25) is 11.9 Å². The van der Waals surface area contributed by atoms with Crippen LogP contribution in [0.5, 0.6) is 0 Å². The molecule has 2 aromatic rings. The topological polar surface area (TPSA) is 71.8 Å². The minimum atomic E-state index is -0.502. The van der Waals surface area contributed by atoms with Gasteiger partial charge >= 0.3 is 0 Å². The Balaban J connectivity index is 1.92. The van der Waals surface area contributed by atoms with Gasteiger partial charge in [-0.15, -0.1) is 0 Å². The predicted molar refractivity (Wildman–Crippen MR) is 79.9 cm³/mol. The second-order valence-electron chi connectivity index (χ2n) is 5.36. The molecule has 3 rings (SSSR count). The Hall–Kier alpha value is -2.21. The van der Waals surface area contributed by atoms with E-state index in [0.29, 0.717) is 5.95 Å². The molecule has 1 amide bonds. The fourth-order valence-corrected chi connectivity index (χ4v) is 2.89. The van der Waals surface area contributed by atoms with Crippen molar-refractivity contribution in [1.29, 1.82) is 0 Å². The average molecular weight is 285 g/mol. The van der Waals surface area contributed by atoms with Crippen molar-refractivity contribution in [3.05, 3.63) is 42.2 Å². The molecule has 0 saturated carbocycles. The Bertz CT molecular complexity index is 616. The van der Waals surface area contributed by atoms with Crippen LogP contribution in [0.4, 0.5) is 5.95 Å². The molecule has 6 heteroatoms. The quantitative estimate of drug-likeness (QED) is 0.885. The van der Waals surface area contributed by atoms with Gasteiger partial charge in [-0.25, -0.2) is 4.68 Å². The normalized spacial score (nSPS) is 17.4. The lowest BCUT2D eigenvalue weighted by molar-refractivity contribution is -0.122. The number of aryl methyl sites for hydroxylation is 1. The molecular weight excluding hydrogens is 266 g/mol. The van der Waals surface area contributed by atoms with Crippen molar-refractivity contribution in [2.45, 2.75) is 18.3 Å². The van der Waals surface area contributed by atoms with Crippen LogP contribution >= 0.6 is 0 Å². The number of nitrogens with zero attached hydrogens (tertiary/aromatic N) is 3. The van der Waals surface area contributed by atoms with Gasteiger partial charge in [-0.1, -0.05) is 30.3 Å². The van der Waals surface area contributed by atoms with Gasteiger partial charge in [0.05, 0.1) is 5.41 Å². The van der Waals surface area contributed by atoms with Crippen molar-refractivity contribution in [2.75, 3.05) is 18.4 Å². The minimum absolute atomic E-state index is 0.00806. The molecule has 1 aromatic carbocycles. The van der Waals surface area contributed by atoms with E-state index in [4.69, 9.17) is 0 Å². The summed E-state index contributed by atoms with van der Waals surface area (Å²) in [5.74, 6) is 0.472. The first kappa shape index (κ1) is 13.8. The monoisotopic (exact) mass is 285 g/mol. The van der Waals surface area contributed by atoms with Crippen molar-refractivity contribution in [1.82, 2.24) is 20.1 Å². The summed E-state index contributed by atoms with van der Waals surface area (Å²) in [6.07, 6.45) is 2.99. The van der Waals surface area contributed by atoms with Crippen molar-refractivity contribution < 1.29 is 4.79 Å². The van der Waals surface area contributed by atoms with E-state index in [9.17, 15) is 4.79 Å².